The van der Waals surface area contributed by atoms with Crippen LogP contribution in [0.4, 0.5) is 0 Å². The molecule has 3 saturated heterocycles. The van der Waals surface area contributed by atoms with Crippen molar-refractivity contribution in [2.24, 2.45) is 17.8 Å². The fourth-order valence-electron chi connectivity index (χ4n) is 5.95. The first kappa shape index (κ1) is 19.0. The molecule has 156 valence electrons. The van der Waals surface area contributed by atoms with Gasteiger partial charge in [0.15, 0.2) is 11.2 Å². The van der Waals surface area contributed by atoms with Crippen LogP contribution in [0.25, 0.3) is 11.2 Å². The highest BCUT2D eigenvalue weighted by Gasteiger charge is 2.49. The number of fused-ring (bicyclic) bond motifs is 5. The van der Waals surface area contributed by atoms with Gasteiger partial charge in [-0.2, -0.15) is 4.98 Å². The highest BCUT2D eigenvalue weighted by atomic mass is 16.3. The zero-order valence-corrected chi connectivity index (χ0v) is 17.6. The van der Waals surface area contributed by atoms with Gasteiger partial charge in [-0.05, 0) is 62.0 Å². The topological polar surface area (TPSA) is 62.5 Å². The van der Waals surface area contributed by atoms with Gasteiger partial charge in [0.25, 0.3) is 0 Å². The molecule has 4 atom stereocenters. The minimum Gasteiger partial charge on any atom is -0.438 e. The van der Waals surface area contributed by atoms with Crippen LogP contribution < -0.4 is 0 Å². The molecular weight excluding hydrogens is 364 g/mol. The first-order valence-corrected chi connectivity index (χ1v) is 11.3. The Kier molecular flexibility index (Phi) is 5.06. The molecule has 2 aromatic rings. The lowest BCUT2D eigenvalue weighted by atomic mass is 9.71. The quantitative estimate of drug-likeness (QED) is 0.768. The number of amides is 1. The largest absolute Gasteiger partial charge is 0.438 e. The van der Waals surface area contributed by atoms with E-state index in [0.29, 0.717) is 41.4 Å². The van der Waals surface area contributed by atoms with Crippen LogP contribution in [0.1, 0.15) is 58.3 Å². The molecule has 0 aromatic carbocycles. The van der Waals surface area contributed by atoms with Gasteiger partial charge in [-0.25, -0.2) is 4.98 Å². The highest BCUT2D eigenvalue weighted by Crippen LogP contribution is 2.43. The van der Waals surface area contributed by atoms with Crippen LogP contribution in [-0.4, -0.2) is 50.8 Å². The Morgan fingerprint density at radius 1 is 1.28 bits per heavy atom. The number of carbonyl (C=O) groups is 1. The zero-order valence-electron chi connectivity index (χ0n) is 17.6. The van der Waals surface area contributed by atoms with Gasteiger partial charge < -0.3 is 9.32 Å². The van der Waals surface area contributed by atoms with Gasteiger partial charge >= 0.3 is 0 Å². The lowest BCUT2D eigenvalue weighted by Gasteiger charge is -2.56. The average molecular weight is 397 g/mol. The predicted molar refractivity (Wildman–Crippen MR) is 111 cm³/mol. The first-order valence-electron chi connectivity index (χ1n) is 11.3. The van der Waals surface area contributed by atoms with Crippen LogP contribution in [0.15, 0.2) is 22.7 Å². The lowest BCUT2D eigenvalue weighted by Crippen LogP contribution is -2.64. The monoisotopic (exact) mass is 396 g/mol. The summed E-state index contributed by atoms with van der Waals surface area (Å²) < 4.78 is 5.94. The molecular formula is C23H32N4O2. The molecule has 0 radical (unpaired) electrons. The Morgan fingerprint density at radius 3 is 2.97 bits per heavy atom. The molecule has 5 heterocycles. The van der Waals surface area contributed by atoms with Crippen molar-refractivity contribution in [3.63, 3.8) is 0 Å². The summed E-state index contributed by atoms with van der Waals surface area (Å²) >= 11 is 0. The number of pyridine rings is 1. The molecule has 29 heavy (non-hydrogen) atoms. The zero-order chi connectivity index (χ0) is 20.0. The van der Waals surface area contributed by atoms with E-state index < -0.39 is 0 Å². The van der Waals surface area contributed by atoms with E-state index in [4.69, 9.17) is 4.42 Å². The molecule has 0 spiro atoms. The van der Waals surface area contributed by atoms with Crippen LogP contribution in [0.3, 0.4) is 0 Å². The van der Waals surface area contributed by atoms with Crippen LogP contribution in [0.5, 0.6) is 0 Å². The van der Waals surface area contributed by atoms with Gasteiger partial charge in [-0.3, -0.25) is 9.69 Å². The molecule has 0 unspecified atom stereocenters. The average Bonchev–Trinajstić information content (AvgIpc) is 3.10. The van der Waals surface area contributed by atoms with Crippen LogP contribution in [0, 0.1) is 17.8 Å². The summed E-state index contributed by atoms with van der Waals surface area (Å²) in [6, 6.07) is 4.64. The van der Waals surface area contributed by atoms with Crippen LogP contribution in [0.2, 0.25) is 0 Å². The molecule has 6 heteroatoms. The Bertz CT molecular complexity index is 846. The summed E-state index contributed by atoms with van der Waals surface area (Å²) in [6.07, 6.45) is 8.32. The summed E-state index contributed by atoms with van der Waals surface area (Å²) in [6.45, 7) is 7.38. The van der Waals surface area contributed by atoms with E-state index in [1.165, 1.54) is 19.3 Å². The number of rotatable bonds is 5. The summed E-state index contributed by atoms with van der Waals surface area (Å²) in [5, 5.41) is 0. The number of piperidine rings is 3. The molecule has 3 aliphatic heterocycles. The number of aromatic nitrogens is 2. The second-order valence-electron chi connectivity index (χ2n) is 9.68. The minimum absolute atomic E-state index is 0.402. The number of nitrogens with zero attached hydrogens (tertiary/aromatic N) is 4. The second-order valence-corrected chi connectivity index (χ2v) is 9.68. The number of oxazole rings is 1. The van der Waals surface area contributed by atoms with Crippen molar-refractivity contribution in [3.8, 4) is 0 Å². The van der Waals surface area contributed by atoms with Crippen molar-refractivity contribution < 1.29 is 9.21 Å². The van der Waals surface area contributed by atoms with Crippen molar-refractivity contribution >= 4 is 17.1 Å². The van der Waals surface area contributed by atoms with E-state index in [-0.39, 0.29) is 0 Å². The smallest absolute Gasteiger partial charge is 0.223 e. The van der Waals surface area contributed by atoms with Gasteiger partial charge in [-0.1, -0.05) is 13.8 Å². The number of carbonyl (C=O) groups excluding carboxylic acids is 1. The third-order valence-electron chi connectivity index (χ3n) is 7.18. The van der Waals surface area contributed by atoms with E-state index in [0.717, 1.165) is 50.4 Å². The molecule has 3 fully saturated rings. The van der Waals surface area contributed by atoms with Gasteiger partial charge in [-0.15, -0.1) is 0 Å². The molecule has 0 N–H and O–H groups in total. The number of likely N-dealkylation sites (tertiary alicyclic amines) is 1. The van der Waals surface area contributed by atoms with Gasteiger partial charge in [0.05, 0.1) is 6.54 Å². The van der Waals surface area contributed by atoms with Gasteiger partial charge in [0, 0.05) is 37.8 Å². The van der Waals surface area contributed by atoms with Crippen molar-refractivity contribution in [1.29, 1.82) is 0 Å². The maximum absolute atomic E-state index is 12.9. The fourth-order valence-corrected chi connectivity index (χ4v) is 5.95. The van der Waals surface area contributed by atoms with E-state index in [1.807, 2.05) is 12.1 Å². The van der Waals surface area contributed by atoms with Gasteiger partial charge in [0.2, 0.25) is 11.8 Å². The highest BCUT2D eigenvalue weighted by molar-refractivity contribution is 5.78. The summed E-state index contributed by atoms with van der Waals surface area (Å²) in [7, 11) is 0. The molecule has 2 bridgehead atoms. The van der Waals surface area contributed by atoms with E-state index in [1.54, 1.807) is 6.20 Å². The Hall–Kier alpha value is -1.95. The normalized spacial score (nSPS) is 30.2. The molecule has 6 nitrogen and oxygen atoms in total. The second kappa shape index (κ2) is 7.71. The van der Waals surface area contributed by atoms with Crippen LogP contribution >= 0.6 is 0 Å². The van der Waals surface area contributed by atoms with Crippen molar-refractivity contribution in [2.45, 2.75) is 71.0 Å². The number of hydrogen-bond acceptors (Lipinski definition) is 5. The van der Waals surface area contributed by atoms with Crippen molar-refractivity contribution in [3.05, 3.63) is 24.2 Å². The first-order chi connectivity index (χ1) is 14.1. The molecule has 2 aromatic heterocycles. The molecule has 3 aliphatic rings. The summed E-state index contributed by atoms with van der Waals surface area (Å²) in [5.41, 5.74) is 1.46. The van der Waals surface area contributed by atoms with E-state index >= 15 is 0 Å². The SMILES string of the molecule is CC(C)CC[C@H]1[C@H]2C[C@H](CN(Cc3nc4ncccc4o3)C2)[C@@H]2CCCC(=O)N21. The summed E-state index contributed by atoms with van der Waals surface area (Å²) in [5.74, 6) is 2.99. The number of hydrogen-bond donors (Lipinski definition) is 0. The minimum atomic E-state index is 0.402. The molecule has 0 saturated carbocycles. The summed E-state index contributed by atoms with van der Waals surface area (Å²) in [4.78, 5) is 26.6. The fraction of sp³-hybridized carbons (Fsp3) is 0.696. The van der Waals surface area contributed by atoms with Gasteiger partial charge in [0.1, 0.15) is 0 Å². The standard InChI is InChI=1S/C23H32N4O2/c1-15(2)8-9-19-17-11-16(18-5-3-7-22(28)27(18)19)12-26(13-17)14-21-25-23-20(29-21)6-4-10-24-23/h4,6,10,15-19H,3,5,7-9,11-14H2,1-2H3/t16-,17+,18+,19+/m1/s1. The Balaban J connectivity index is 1.36. The Labute approximate surface area is 172 Å². The predicted octanol–water partition coefficient (Wildman–Crippen LogP) is 3.86. The molecule has 0 aliphatic carbocycles. The van der Waals surface area contributed by atoms with Crippen LogP contribution in [-0.2, 0) is 11.3 Å². The van der Waals surface area contributed by atoms with E-state index in [2.05, 4.69) is 33.6 Å². The van der Waals surface area contributed by atoms with E-state index in [9.17, 15) is 4.79 Å². The Morgan fingerprint density at radius 2 is 2.14 bits per heavy atom. The third-order valence-corrected chi connectivity index (χ3v) is 7.18. The molecule has 1 amide bonds. The lowest BCUT2D eigenvalue weighted by molar-refractivity contribution is -0.153. The molecule has 5 rings (SSSR count). The third kappa shape index (κ3) is 3.67. The van der Waals surface area contributed by atoms with Crippen molar-refractivity contribution in [2.75, 3.05) is 13.1 Å². The maximum Gasteiger partial charge on any atom is 0.223 e. The van der Waals surface area contributed by atoms with Crippen molar-refractivity contribution in [1.82, 2.24) is 19.8 Å². The maximum atomic E-state index is 12.9.